The van der Waals surface area contributed by atoms with E-state index in [4.69, 9.17) is 25.2 Å². The predicted molar refractivity (Wildman–Crippen MR) is 75.1 cm³/mol. The lowest BCUT2D eigenvalue weighted by molar-refractivity contribution is -0.123. The zero-order valence-electron chi connectivity index (χ0n) is 11.4. The van der Waals surface area contributed by atoms with Crippen LogP contribution in [-0.4, -0.2) is 68.9 Å². The molecule has 0 bridgehead atoms. The van der Waals surface area contributed by atoms with E-state index < -0.39 is 26.5 Å². The van der Waals surface area contributed by atoms with E-state index in [1.165, 1.54) is 6.34 Å². The van der Waals surface area contributed by atoms with Crippen molar-refractivity contribution in [2.24, 2.45) is 15.7 Å². The highest BCUT2D eigenvalue weighted by Gasteiger charge is 2.45. The number of rotatable bonds is 4. The highest BCUT2D eigenvalue weighted by atomic mass is 31.2. The third kappa shape index (κ3) is 3.19. The molecule has 0 radical (unpaired) electrons. The van der Waals surface area contributed by atoms with Gasteiger partial charge in [0.15, 0.2) is 18.2 Å². The maximum Gasteiger partial charge on any atom is 0.567 e. The molecule has 122 valence electrons. The molecule has 11 nitrogen and oxygen atoms in total. The fourth-order valence-corrected chi connectivity index (χ4v) is 3.00. The van der Waals surface area contributed by atoms with Crippen molar-refractivity contribution in [3.8, 4) is 0 Å². The Morgan fingerprint density at radius 2 is 2.27 bits per heavy atom. The molecule has 22 heavy (non-hydrogen) atoms. The molecular weight excluding hydrogens is 317 g/mol. The van der Waals surface area contributed by atoms with Gasteiger partial charge >= 0.3 is 8.17 Å². The summed E-state index contributed by atoms with van der Waals surface area (Å²) in [6, 6.07) is -0.655. The van der Waals surface area contributed by atoms with Gasteiger partial charge in [-0.05, 0) is 12.8 Å². The monoisotopic (exact) mass is 334 g/mol. The Kier molecular flexibility index (Phi) is 4.02. The number of nitrogens with zero attached hydrogens (tertiary/aromatic N) is 3. The average Bonchev–Trinajstić information content (AvgIpc) is 3.01. The molecule has 3 heterocycles. The first-order chi connectivity index (χ1) is 10.3. The average molecular weight is 334 g/mol. The fourth-order valence-electron chi connectivity index (χ4n) is 2.63. The van der Waals surface area contributed by atoms with Gasteiger partial charge in [0, 0.05) is 0 Å². The van der Waals surface area contributed by atoms with Gasteiger partial charge < -0.3 is 15.4 Å². The second-order valence-electron chi connectivity index (χ2n) is 5.17. The van der Waals surface area contributed by atoms with Crippen LogP contribution in [0, 0.1) is 0 Å². The molecule has 1 fully saturated rings. The molecule has 0 spiro atoms. The van der Waals surface area contributed by atoms with E-state index >= 15 is 0 Å². The van der Waals surface area contributed by atoms with Crippen LogP contribution in [0.25, 0.3) is 0 Å². The number of aliphatic imine (C=N–C) groups is 2. The van der Waals surface area contributed by atoms with Crippen molar-refractivity contribution >= 4 is 26.4 Å². The summed E-state index contributed by atoms with van der Waals surface area (Å²) in [4.78, 5) is 48.2. The van der Waals surface area contributed by atoms with E-state index in [1.54, 1.807) is 4.90 Å². The van der Waals surface area contributed by atoms with Gasteiger partial charge in [-0.25, -0.2) is 4.99 Å². The standard InChI is InChI=1S/C10H16N5O6P/c11-10-13-8-7(9(16)14-10)12-4-15(8)6-2-1-5(21-6)3-20-22(17,18)19/h4-8,17-19H,1-3H2,(H2-,11,13,14,16)/p+1/t5-,6+,7?,8?/m0/s1. The minimum Gasteiger partial charge on any atom is -0.370 e. The van der Waals surface area contributed by atoms with Gasteiger partial charge in [0.05, 0.1) is 12.4 Å². The second kappa shape index (κ2) is 5.69. The van der Waals surface area contributed by atoms with E-state index in [-0.39, 0.29) is 24.7 Å². The number of nitrogens with one attached hydrogen (secondary N) is 1. The molecule has 0 aliphatic carbocycles. The maximum atomic E-state index is 11.8. The molecule has 4 atom stereocenters. The Labute approximate surface area is 126 Å². The molecule has 3 aliphatic rings. The molecule has 3 aliphatic heterocycles. The van der Waals surface area contributed by atoms with Gasteiger partial charge in [-0.1, -0.05) is 0 Å². The van der Waals surface area contributed by atoms with Gasteiger partial charge in [-0.15, -0.1) is 0 Å². The Hall–Kier alpha value is -1.36. The zero-order valence-corrected chi connectivity index (χ0v) is 12.3. The number of guanidine groups is 1. The number of ether oxygens (including phenoxy) is 1. The quantitative estimate of drug-likeness (QED) is 0.357. The smallest absolute Gasteiger partial charge is 0.370 e. The number of amides is 1. The number of hydrogen-bond acceptors (Lipinski definition) is 10. The first kappa shape index (κ1) is 15.5. The van der Waals surface area contributed by atoms with Crippen LogP contribution in [0.15, 0.2) is 9.98 Å². The Morgan fingerprint density at radius 1 is 1.50 bits per heavy atom. The lowest BCUT2D eigenvalue weighted by Crippen LogP contribution is -2.55. The molecule has 2 unspecified atom stereocenters. The lowest BCUT2D eigenvalue weighted by Gasteiger charge is -2.31. The van der Waals surface area contributed by atoms with E-state index in [9.17, 15) is 4.79 Å². The summed E-state index contributed by atoms with van der Waals surface area (Å²) in [6.07, 6.45) is 1.40. The van der Waals surface area contributed by atoms with Crippen molar-refractivity contribution in [3.05, 3.63) is 0 Å². The largest absolute Gasteiger partial charge is 0.567 e. The molecule has 0 aromatic carbocycles. The van der Waals surface area contributed by atoms with E-state index in [2.05, 4.69) is 19.8 Å². The highest BCUT2D eigenvalue weighted by molar-refractivity contribution is 7.53. The molecule has 0 saturated carbocycles. The number of nitrogens with two attached hydrogens (primary N) is 1. The van der Waals surface area contributed by atoms with Crippen molar-refractivity contribution in [1.29, 1.82) is 0 Å². The summed E-state index contributed by atoms with van der Waals surface area (Å²) < 4.78 is 10.3. The summed E-state index contributed by atoms with van der Waals surface area (Å²) in [7, 11) is -4.26. The van der Waals surface area contributed by atoms with Crippen LogP contribution in [0.1, 0.15) is 12.8 Å². The van der Waals surface area contributed by atoms with Gasteiger partial charge in [-0.2, -0.15) is 19.2 Å². The second-order valence-corrected chi connectivity index (χ2v) is 6.46. The molecule has 3 rings (SSSR count). The Balaban J connectivity index is 1.61. The molecule has 1 amide bonds. The van der Waals surface area contributed by atoms with E-state index in [0.717, 1.165) is 0 Å². The summed E-state index contributed by atoms with van der Waals surface area (Å²) >= 11 is 0. The number of carbonyl (C=O) groups is 1. The maximum absolute atomic E-state index is 11.8. The Morgan fingerprint density at radius 3 is 3.00 bits per heavy atom. The zero-order chi connectivity index (χ0) is 15.9. The Bertz CT molecular complexity index is 522. The van der Waals surface area contributed by atoms with Crippen LogP contribution in [0.4, 0.5) is 0 Å². The third-order valence-electron chi connectivity index (χ3n) is 3.59. The molecule has 1 saturated heterocycles. The van der Waals surface area contributed by atoms with Crippen molar-refractivity contribution in [3.63, 3.8) is 0 Å². The summed E-state index contributed by atoms with van der Waals surface area (Å²) in [5, 5.41) is 2.42. The number of fused-ring (bicyclic) bond motifs is 1. The minimum atomic E-state index is -4.26. The summed E-state index contributed by atoms with van der Waals surface area (Å²) in [5.74, 6) is -0.278. The predicted octanol–water partition coefficient (Wildman–Crippen LogP) is -2.35. The van der Waals surface area contributed by atoms with Gasteiger partial charge in [0.25, 0.3) is 5.91 Å². The SMILES string of the molecule is NC1=NC2C(N=CN2[C@H]2CC[C@@H](CO[P+](O)(O)O)O2)C(=O)N1. The third-order valence-corrected chi connectivity index (χ3v) is 4.09. The minimum absolute atomic E-state index is 0.0371. The lowest BCUT2D eigenvalue weighted by atomic mass is 10.2. The summed E-state index contributed by atoms with van der Waals surface area (Å²) in [6.45, 7) is -0.140. The van der Waals surface area contributed by atoms with Gasteiger partial charge in [0.2, 0.25) is 0 Å². The van der Waals surface area contributed by atoms with E-state index in [0.29, 0.717) is 12.8 Å². The van der Waals surface area contributed by atoms with Crippen LogP contribution in [-0.2, 0) is 14.1 Å². The number of hydrogen-bond donors (Lipinski definition) is 5. The van der Waals surface area contributed by atoms with E-state index in [1.807, 2.05) is 0 Å². The van der Waals surface area contributed by atoms with Crippen molar-refractivity contribution in [2.75, 3.05) is 6.61 Å². The van der Waals surface area contributed by atoms with Crippen molar-refractivity contribution < 1.29 is 28.7 Å². The normalized spacial score (nSPS) is 34.6. The van der Waals surface area contributed by atoms with Gasteiger partial charge in [0.1, 0.15) is 12.8 Å². The number of carbonyl (C=O) groups excluding carboxylic acids is 1. The first-order valence-electron chi connectivity index (χ1n) is 6.66. The molecule has 0 aromatic heterocycles. The van der Waals surface area contributed by atoms with Crippen molar-refractivity contribution in [1.82, 2.24) is 10.2 Å². The van der Waals surface area contributed by atoms with Crippen LogP contribution < -0.4 is 11.1 Å². The highest BCUT2D eigenvalue weighted by Crippen LogP contribution is 2.46. The molecule has 6 N–H and O–H groups in total. The van der Waals surface area contributed by atoms with Crippen molar-refractivity contribution in [2.45, 2.75) is 37.4 Å². The fraction of sp³-hybridized carbons (Fsp3) is 0.700. The first-order valence-corrected chi connectivity index (χ1v) is 8.22. The van der Waals surface area contributed by atoms with Gasteiger partial charge in [-0.3, -0.25) is 15.1 Å². The molecular formula is C10H17N5O6P+. The van der Waals surface area contributed by atoms with Crippen LogP contribution in [0.3, 0.4) is 0 Å². The van der Waals surface area contributed by atoms with Crippen LogP contribution >= 0.6 is 8.17 Å². The van der Waals surface area contributed by atoms with Crippen LogP contribution in [0.5, 0.6) is 0 Å². The topological polar surface area (TPSA) is 162 Å². The summed E-state index contributed by atoms with van der Waals surface area (Å²) in [5.41, 5.74) is 5.56. The molecule has 12 heteroatoms. The van der Waals surface area contributed by atoms with Crippen LogP contribution in [0.2, 0.25) is 0 Å². The molecule has 0 aromatic rings.